The number of alkyl halides is 3. The van der Waals surface area contributed by atoms with Gasteiger partial charge in [-0.1, -0.05) is 0 Å². The fourth-order valence-corrected chi connectivity index (χ4v) is 1.32. The lowest BCUT2D eigenvalue weighted by atomic mass is 10.2. The second-order valence-electron chi connectivity index (χ2n) is 3.56. The predicted molar refractivity (Wildman–Crippen MR) is 64.3 cm³/mol. The van der Waals surface area contributed by atoms with Crippen molar-refractivity contribution in [3.8, 4) is 11.8 Å². The first-order chi connectivity index (χ1) is 8.86. The highest BCUT2D eigenvalue weighted by Crippen LogP contribution is 2.29. The number of hydrogen-bond acceptors (Lipinski definition) is 3. The Labute approximate surface area is 108 Å². The lowest BCUT2D eigenvalue weighted by Gasteiger charge is -2.11. The molecule has 7 heteroatoms. The monoisotopic (exact) mass is 271 g/mol. The number of pyridine rings is 1. The number of nitrogens with zero attached hydrogens (tertiary/aromatic N) is 1. The maximum Gasteiger partial charge on any atom is 0.433 e. The van der Waals surface area contributed by atoms with E-state index in [4.69, 9.17) is 5.73 Å². The summed E-state index contributed by atoms with van der Waals surface area (Å²) in [6, 6.07) is 1.73. The molecule has 0 aliphatic carbocycles. The maximum absolute atomic E-state index is 12.5. The smallest absolute Gasteiger partial charge is 0.368 e. The van der Waals surface area contributed by atoms with Crippen LogP contribution in [0.5, 0.6) is 0 Å². The number of carbonyl (C=O) groups is 1. The molecule has 1 aromatic rings. The zero-order valence-electron chi connectivity index (χ0n) is 10.1. The van der Waals surface area contributed by atoms with Crippen molar-refractivity contribution in [2.75, 3.05) is 11.9 Å². The highest BCUT2D eigenvalue weighted by molar-refractivity contribution is 5.97. The van der Waals surface area contributed by atoms with Crippen LogP contribution < -0.4 is 11.1 Å². The van der Waals surface area contributed by atoms with Crippen molar-refractivity contribution < 1.29 is 18.0 Å². The quantitative estimate of drug-likeness (QED) is 0.650. The second-order valence-corrected chi connectivity index (χ2v) is 3.56. The Morgan fingerprint density at radius 2 is 2.16 bits per heavy atom. The molecule has 3 N–H and O–H groups in total. The van der Waals surface area contributed by atoms with Crippen molar-refractivity contribution in [2.45, 2.75) is 19.5 Å². The van der Waals surface area contributed by atoms with Crippen molar-refractivity contribution in [3.63, 3.8) is 0 Å². The Kier molecular flexibility index (Phi) is 4.75. The van der Waals surface area contributed by atoms with Gasteiger partial charge in [0.05, 0.1) is 5.56 Å². The lowest BCUT2D eigenvalue weighted by Crippen LogP contribution is -2.18. The van der Waals surface area contributed by atoms with E-state index in [2.05, 4.69) is 22.1 Å². The summed E-state index contributed by atoms with van der Waals surface area (Å²) >= 11 is 0. The van der Waals surface area contributed by atoms with Gasteiger partial charge in [0.1, 0.15) is 11.5 Å². The third-order valence-electron chi connectivity index (χ3n) is 2.17. The summed E-state index contributed by atoms with van der Waals surface area (Å²) in [4.78, 5) is 14.5. The average Bonchev–Trinajstić information content (AvgIpc) is 2.33. The van der Waals surface area contributed by atoms with E-state index in [0.717, 1.165) is 12.1 Å². The van der Waals surface area contributed by atoms with Gasteiger partial charge in [0.25, 0.3) is 5.91 Å². The number of hydrogen-bond donors (Lipinski definition) is 2. The molecule has 0 bridgehead atoms. The third-order valence-corrected chi connectivity index (χ3v) is 2.17. The molecule has 19 heavy (non-hydrogen) atoms. The van der Waals surface area contributed by atoms with Crippen LogP contribution in [-0.2, 0) is 6.18 Å². The molecule has 0 saturated heterocycles. The van der Waals surface area contributed by atoms with Crippen LogP contribution in [0.1, 0.15) is 29.4 Å². The van der Waals surface area contributed by atoms with Gasteiger partial charge < -0.3 is 11.1 Å². The number of halogens is 3. The van der Waals surface area contributed by atoms with Crippen molar-refractivity contribution in [1.82, 2.24) is 4.98 Å². The number of amides is 1. The van der Waals surface area contributed by atoms with Gasteiger partial charge in [-0.15, -0.1) is 11.8 Å². The second kappa shape index (κ2) is 6.09. The minimum atomic E-state index is -4.57. The largest absolute Gasteiger partial charge is 0.433 e. The number of carbonyl (C=O) groups excluding carboxylic acids is 1. The van der Waals surface area contributed by atoms with Crippen molar-refractivity contribution in [3.05, 3.63) is 23.4 Å². The fraction of sp³-hybridized carbons (Fsp3) is 0.333. The van der Waals surface area contributed by atoms with Crippen molar-refractivity contribution >= 4 is 11.7 Å². The van der Waals surface area contributed by atoms with Crippen LogP contribution in [0.4, 0.5) is 19.0 Å². The number of primary amides is 1. The van der Waals surface area contributed by atoms with E-state index in [9.17, 15) is 18.0 Å². The fourth-order valence-electron chi connectivity index (χ4n) is 1.32. The van der Waals surface area contributed by atoms with E-state index < -0.39 is 17.8 Å². The molecule has 1 rings (SSSR count). The molecule has 0 fully saturated rings. The summed E-state index contributed by atoms with van der Waals surface area (Å²) in [6.45, 7) is 1.92. The van der Waals surface area contributed by atoms with E-state index >= 15 is 0 Å². The number of rotatable bonds is 4. The molecule has 0 saturated carbocycles. The molecule has 102 valence electrons. The summed E-state index contributed by atoms with van der Waals surface area (Å²) in [5.74, 6) is 4.36. The Hall–Kier alpha value is -2.23. The van der Waals surface area contributed by atoms with E-state index in [0.29, 0.717) is 6.42 Å². The topological polar surface area (TPSA) is 68.0 Å². The standard InChI is InChI=1S/C12H12F3N3O/c1-2-3-4-7-17-11-8(10(16)19)5-6-9(18-11)12(13,14)15/h5-6H,4,7H2,1H3,(H2,16,19)(H,17,18). The third kappa shape index (κ3) is 4.17. The minimum Gasteiger partial charge on any atom is -0.368 e. The van der Waals surface area contributed by atoms with E-state index in [1.165, 1.54) is 0 Å². The summed E-state index contributed by atoms with van der Waals surface area (Å²) in [5.41, 5.74) is 3.91. The Balaban J connectivity index is 3.01. The molecule has 0 aliphatic rings. The van der Waals surface area contributed by atoms with Gasteiger partial charge in [0.15, 0.2) is 0 Å². The van der Waals surface area contributed by atoms with Gasteiger partial charge >= 0.3 is 6.18 Å². The maximum atomic E-state index is 12.5. The molecular formula is C12H12F3N3O. The van der Waals surface area contributed by atoms with Crippen LogP contribution in [0.25, 0.3) is 0 Å². The molecule has 0 aliphatic heterocycles. The molecule has 0 aromatic carbocycles. The number of anilines is 1. The number of aromatic nitrogens is 1. The number of nitrogens with two attached hydrogens (primary N) is 1. The van der Waals surface area contributed by atoms with Crippen molar-refractivity contribution in [2.24, 2.45) is 5.73 Å². The normalized spacial score (nSPS) is 10.5. The van der Waals surface area contributed by atoms with Gasteiger partial charge in [-0.2, -0.15) is 13.2 Å². The molecule has 0 spiro atoms. The van der Waals surface area contributed by atoms with Gasteiger partial charge in [-0.3, -0.25) is 4.79 Å². The van der Waals surface area contributed by atoms with Crippen LogP contribution >= 0.6 is 0 Å². The zero-order valence-corrected chi connectivity index (χ0v) is 10.1. The Bertz CT molecular complexity index is 529. The highest BCUT2D eigenvalue weighted by atomic mass is 19.4. The molecule has 1 heterocycles. The van der Waals surface area contributed by atoms with Crippen LogP contribution in [0, 0.1) is 11.8 Å². The summed E-state index contributed by atoms with van der Waals surface area (Å²) in [5, 5.41) is 2.63. The van der Waals surface area contributed by atoms with Crippen LogP contribution in [0.15, 0.2) is 12.1 Å². The van der Waals surface area contributed by atoms with Gasteiger partial charge in [0, 0.05) is 13.0 Å². The average molecular weight is 271 g/mol. The van der Waals surface area contributed by atoms with E-state index in [1.807, 2.05) is 0 Å². The Morgan fingerprint density at radius 1 is 1.47 bits per heavy atom. The van der Waals surface area contributed by atoms with Crippen LogP contribution in [0.2, 0.25) is 0 Å². The molecule has 0 radical (unpaired) electrons. The summed E-state index contributed by atoms with van der Waals surface area (Å²) in [6.07, 6.45) is -4.15. The molecule has 1 aromatic heterocycles. The minimum absolute atomic E-state index is 0.0857. The first-order valence-electron chi connectivity index (χ1n) is 5.37. The number of nitrogens with one attached hydrogen (secondary N) is 1. The van der Waals surface area contributed by atoms with Crippen LogP contribution in [-0.4, -0.2) is 17.4 Å². The van der Waals surface area contributed by atoms with Crippen LogP contribution in [0.3, 0.4) is 0 Å². The summed E-state index contributed by atoms with van der Waals surface area (Å²) in [7, 11) is 0. The Morgan fingerprint density at radius 3 is 2.68 bits per heavy atom. The molecule has 4 nitrogen and oxygen atoms in total. The lowest BCUT2D eigenvalue weighted by molar-refractivity contribution is -0.141. The summed E-state index contributed by atoms with van der Waals surface area (Å²) < 4.78 is 37.5. The predicted octanol–water partition coefficient (Wildman–Crippen LogP) is 2.02. The van der Waals surface area contributed by atoms with Gasteiger partial charge in [0.2, 0.25) is 0 Å². The SMILES string of the molecule is CC#CCCNc1nc(C(F)(F)F)ccc1C(N)=O. The molecule has 0 atom stereocenters. The molecular weight excluding hydrogens is 259 g/mol. The van der Waals surface area contributed by atoms with Gasteiger partial charge in [-0.05, 0) is 19.1 Å². The van der Waals surface area contributed by atoms with E-state index in [1.54, 1.807) is 6.92 Å². The molecule has 0 unspecified atom stereocenters. The first-order valence-corrected chi connectivity index (χ1v) is 5.37. The van der Waals surface area contributed by atoms with E-state index in [-0.39, 0.29) is 17.9 Å². The zero-order chi connectivity index (χ0) is 14.5. The van der Waals surface area contributed by atoms with Crippen molar-refractivity contribution in [1.29, 1.82) is 0 Å². The van der Waals surface area contributed by atoms with Gasteiger partial charge in [-0.25, -0.2) is 4.98 Å². The molecule has 1 amide bonds. The highest BCUT2D eigenvalue weighted by Gasteiger charge is 2.33. The first kappa shape index (κ1) is 14.8.